The van der Waals surface area contributed by atoms with E-state index in [0.29, 0.717) is 0 Å². The van der Waals surface area contributed by atoms with Gasteiger partial charge in [0.05, 0.1) is 4.88 Å². The molecule has 2 aromatic rings. The molecule has 86 valence electrons. The molecular weight excluding hydrogens is 238 g/mol. The highest BCUT2D eigenvalue weighted by Gasteiger charge is 2.10. The monoisotopic (exact) mass is 253 g/mol. The number of thiophene rings is 1. The summed E-state index contributed by atoms with van der Waals surface area (Å²) in [6, 6.07) is 4.23. The van der Waals surface area contributed by atoms with E-state index in [4.69, 9.17) is 0 Å². The summed E-state index contributed by atoms with van der Waals surface area (Å²) in [4.78, 5) is 7.09. The molecule has 0 aliphatic heterocycles. The van der Waals surface area contributed by atoms with Crippen LogP contribution in [0.15, 0.2) is 12.1 Å². The van der Waals surface area contributed by atoms with Crippen molar-refractivity contribution in [3.05, 3.63) is 22.8 Å². The maximum Gasteiger partial charge on any atom is 0.168 e. The van der Waals surface area contributed by atoms with Gasteiger partial charge >= 0.3 is 0 Å². The molecule has 2 heterocycles. The summed E-state index contributed by atoms with van der Waals surface area (Å²) in [5.74, 6) is 3.00. The molecule has 0 radical (unpaired) electrons. The fraction of sp³-hybridized carbons (Fsp3) is 0.455. The van der Waals surface area contributed by atoms with Crippen LogP contribution in [0.5, 0.6) is 0 Å². The van der Waals surface area contributed by atoms with Gasteiger partial charge in [0.1, 0.15) is 0 Å². The van der Waals surface area contributed by atoms with Gasteiger partial charge in [0, 0.05) is 24.1 Å². The highest BCUT2D eigenvalue weighted by molar-refractivity contribution is 7.98. The Morgan fingerprint density at radius 2 is 2.25 bits per heavy atom. The van der Waals surface area contributed by atoms with Crippen LogP contribution in [0.3, 0.4) is 0 Å². The topological polar surface area (TPSA) is 30.7 Å². The number of thioether (sulfide) groups is 1. The van der Waals surface area contributed by atoms with Gasteiger partial charge in [-0.3, -0.25) is 0 Å². The number of hydrogen-bond donors (Lipinski definition) is 0. The standard InChI is InChI=1S/C11H15N3S2/c1-8-4-5-9(16-8)11-12-10(6-7-15-3)13-14(11)2/h4-5H,6-7H2,1-3H3. The molecule has 3 nitrogen and oxygen atoms in total. The summed E-state index contributed by atoms with van der Waals surface area (Å²) in [5, 5.41) is 4.43. The zero-order valence-corrected chi connectivity index (χ0v) is 11.4. The maximum absolute atomic E-state index is 4.58. The minimum absolute atomic E-state index is 0.943. The fourth-order valence-electron chi connectivity index (χ4n) is 1.51. The molecule has 5 heteroatoms. The zero-order chi connectivity index (χ0) is 11.5. The first-order chi connectivity index (χ1) is 7.70. The Bertz CT molecular complexity index is 473. The van der Waals surface area contributed by atoms with Crippen LogP contribution in [0.2, 0.25) is 0 Å². The van der Waals surface area contributed by atoms with Crippen molar-refractivity contribution in [2.45, 2.75) is 13.3 Å². The minimum atomic E-state index is 0.943. The van der Waals surface area contributed by atoms with Crippen LogP contribution in [0.1, 0.15) is 10.7 Å². The van der Waals surface area contributed by atoms with Crippen LogP contribution >= 0.6 is 23.1 Å². The normalized spacial score (nSPS) is 10.9. The molecule has 2 rings (SSSR count). The predicted octanol–water partition coefficient (Wildman–Crippen LogP) is 2.76. The largest absolute Gasteiger partial charge is 0.248 e. The molecule has 0 aliphatic rings. The summed E-state index contributed by atoms with van der Waals surface area (Å²) < 4.78 is 1.88. The van der Waals surface area contributed by atoms with E-state index >= 15 is 0 Å². The number of rotatable bonds is 4. The molecule has 0 amide bonds. The number of nitrogens with zero attached hydrogens (tertiary/aromatic N) is 3. The van der Waals surface area contributed by atoms with Gasteiger partial charge in [0.2, 0.25) is 0 Å². The summed E-state index contributed by atoms with van der Waals surface area (Å²) >= 11 is 3.59. The summed E-state index contributed by atoms with van der Waals surface area (Å²) in [5.41, 5.74) is 0. The molecule has 0 atom stereocenters. The Balaban J connectivity index is 2.24. The Morgan fingerprint density at radius 1 is 1.44 bits per heavy atom. The molecule has 2 aromatic heterocycles. The maximum atomic E-state index is 4.58. The third kappa shape index (κ3) is 2.47. The lowest BCUT2D eigenvalue weighted by Gasteiger charge is -1.93. The SMILES string of the molecule is CSCCc1nc(-c2ccc(C)s2)n(C)n1. The van der Waals surface area contributed by atoms with E-state index in [1.54, 1.807) is 11.3 Å². The van der Waals surface area contributed by atoms with Crippen LogP contribution in [0.4, 0.5) is 0 Å². The Hall–Kier alpha value is -0.810. The van der Waals surface area contributed by atoms with E-state index < -0.39 is 0 Å². The third-order valence-electron chi connectivity index (χ3n) is 2.30. The molecule has 16 heavy (non-hydrogen) atoms. The van der Waals surface area contributed by atoms with Crippen LogP contribution in [0, 0.1) is 6.92 Å². The molecule has 0 bridgehead atoms. The number of hydrogen-bond acceptors (Lipinski definition) is 4. The lowest BCUT2D eigenvalue weighted by molar-refractivity contribution is 0.754. The van der Waals surface area contributed by atoms with Crippen molar-refractivity contribution >= 4 is 23.1 Å². The lowest BCUT2D eigenvalue weighted by atomic mass is 10.4. The van der Waals surface area contributed by atoms with Crippen molar-refractivity contribution < 1.29 is 0 Å². The highest BCUT2D eigenvalue weighted by atomic mass is 32.2. The average molecular weight is 253 g/mol. The van der Waals surface area contributed by atoms with Crippen molar-refractivity contribution in [3.63, 3.8) is 0 Å². The first-order valence-corrected chi connectivity index (χ1v) is 7.37. The second-order valence-corrected chi connectivity index (χ2v) is 5.90. The van der Waals surface area contributed by atoms with Gasteiger partial charge in [-0.25, -0.2) is 9.67 Å². The van der Waals surface area contributed by atoms with Gasteiger partial charge in [0.15, 0.2) is 11.6 Å². The van der Waals surface area contributed by atoms with Gasteiger partial charge in [-0.1, -0.05) is 0 Å². The van der Waals surface area contributed by atoms with Crippen LogP contribution in [0.25, 0.3) is 10.7 Å². The van der Waals surface area contributed by atoms with Crippen molar-refractivity contribution in [2.24, 2.45) is 7.05 Å². The molecule has 0 fully saturated rings. The van der Waals surface area contributed by atoms with Crippen LogP contribution in [-0.2, 0) is 13.5 Å². The Labute approximate surface area is 104 Å². The molecule has 0 spiro atoms. The zero-order valence-electron chi connectivity index (χ0n) is 9.73. The van der Waals surface area contributed by atoms with Crippen LogP contribution < -0.4 is 0 Å². The second kappa shape index (κ2) is 5.01. The molecule has 0 unspecified atom stereocenters. The van der Waals surface area contributed by atoms with Gasteiger partial charge in [-0.05, 0) is 25.3 Å². The van der Waals surface area contributed by atoms with Gasteiger partial charge < -0.3 is 0 Å². The second-order valence-electron chi connectivity index (χ2n) is 3.63. The van der Waals surface area contributed by atoms with Crippen molar-refractivity contribution in [2.75, 3.05) is 12.0 Å². The molecule has 0 saturated heterocycles. The first-order valence-electron chi connectivity index (χ1n) is 5.16. The van der Waals surface area contributed by atoms with Gasteiger partial charge in [-0.15, -0.1) is 11.3 Å². The summed E-state index contributed by atoms with van der Waals surface area (Å²) in [7, 11) is 1.96. The average Bonchev–Trinajstić information content (AvgIpc) is 2.82. The van der Waals surface area contributed by atoms with E-state index in [1.165, 1.54) is 9.75 Å². The Kier molecular flexibility index (Phi) is 3.66. The molecule has 0 aliphatic carbocycles. The highest BCUT2D eigenvalue weighted by Crippen LogP contribution is 2.25. The van der Waals surface area contributed by atoms with Gasteiger partial charge in [-0.2, -0.15) is 16.9 Å². The van der Waals surface area contributed by atoms with E-state index in [2.05, 4.69) is 35.4 Å². The van der Waals surface area contributed by atoms with Crippen molar-refractivity contribution in [3.8, 4) is 10.7 Å². The quantitative estimate of drug-likeness (QED) is 0.839. The number of aryl methyl sites for hydroxylation is 3. The Morgan fingerprint density at radius 3 is 2.88 bits per heavy atom. The summed E-state index contributed by atoms with van der Waals surface area (Å²) in [6.45, 7) is 2.11. The van der Waals surface area contributed by atoms with E-state index in [0.717, 1.165) is 23.8 Å². The van der Waals surface area contributed by atoms with E-state index in [9.17, 15) is 0 Å². The molecule has 0 N–H and O–H groups in total. The van der Waals surface area contributed by atoms with Gasteiger partial charge in [0.25, 0.3) is 0 Å². The molecular formula is C11H15N3S2. The van der Waals surface area contributed by atoms with Crippen molar-refractivity contribution in [1.82, 2.24) is 14.8 Å². The van der Waals surface area contributed by atoms with E-state index in [-0.39, 0.29) is 0 Å². The van der Waals surface area contributed by atoms with Crippen molar-refractivity contribution in [1.29, 1.82) is 0 Å². The first kappa shape index (κ1) is 11.7. The van der Waals surface area contributed by atoms with Crippen LogP contribution in [-0.4, -0.2) is 26.8 Å². The third-order valence-corrected chi connectivity index (χ3v) is 3.91. The minimum Gasteiger partial charge on any atom is -0.248 e. The molecule has 0 saturated carbocycles. The van der Waals surface area contributed by atoms with E-state index in [1.807, 2.05) is 23.5 Å². The molecule has 0 aromatic carbocycles. The summed E-state index contributed by atoms with van der Waals surface area (Å²) in [6.07, 6.45) is 3.05. The lowest BCUT2D eigenvalue weighted by Crippen LogP contribution is -1.94. The fourth-order valence-corrected chi connectivity index (χ4v) is 2.78. The predicted molar refractivity (Wildman–Crippen MR) is 71.1 cm³/mol. The number of aromatic nitrogens is 3. The smallest absolute Gasteiger partial charge is 0.168 e.